The molecule has 0 radical (unpaired) electrons. The molecular weight excluding hydrogens is 200 g/mol. The summed E-state index contributed by atoms with van der Waals surface area (Å²) in [5.41, 5.74) is 6.26. The first-order valence-electron chi connectivity index (χ1n) is 6.70. The second kappa shape index (κ2) is 7.25. The molecule has 0 atom stereocenters. The van der Waals surface area contributed by atoms with Crippen LogP contribution in [-0.4, -0.2) is 31.8 Å². The Morgan fingerprint density at radius 3 is 2.56 bits per heavy atom. The third-order valence-corrected chi connectivity index (χ3v) is 3.35. The lowest BCUT2D eigenvalue weighted by Crippen LogP contribution is -2.52. The fourth-order valence-corrected chi connectivity index (χ4v) is 2.09. The molecule has 0 aromatic heterocycles. The van der Waals surface area contributed by atoms with Gasteiger partial charge in [0.2, 0.25) is 0 Å². The largest absolute Gasteiger partial charge is 0.381 e. The van der Waals surface area contributed by atoms with E-state index in [-0.39, 0.29) is 5.54 Å². The summed E-state index contributed by atoms with van der Waals surface area (Å²) in [6.07, 6.45) is 5.91. The molecule has 0 amide bonds. The molecule has 0 aromatic carbocycles. The van der Waals surface area contributed by atoms with Crippen LogP contribution >= 0.6 is 0 Å². The van der Waals surface area contributed by atoms with Crippen LogP contribution < -0.4 is 11.1 Å². The predicted octanol–water partition coefficient (Wildman–Crippen LogP) is 1.91. The summed E-state index contributed by atoms with van der Waals surface area (Å²) >= 11 is 0. The van der Waals surface area contributed by atoms with E-state index in [1.807, 2.05) is 0 Å². The summed E-state index contributed by atoms with van der Waals surface area (Å²) in [6, 6.07) is 0. The van der Waals surface area contributed by atoms with Gasteiger partial charge >= 0.3 is 0 Å². The van der Waals surface area contributed by atoms with E-state index in [2.05, 4.69) is 19.2 Å². The van der Waals surface area contributed by atoms with E-state index in [1.54, 1.807) is 0 Å². The number of hydrogen-bond donors (Lipinski definition) is 2. The third-order valence-electron chi connectivity index (χ3n) is 3.35. The number of rotatable bonds is 7. The molecule has 0 saturated carbocycles. The molecule has 3 nitrogen and oxygen atoms in total. The van der Waals surface area contributed by atoms with Gasteiger partial charge in [-0.1, -0.05) is 26.7 Å². The number of unbranched alkanes of at least 4 members (excludes halogenated alkanes) is 1. The molecule has 1 rings (SSSR count). The molecule has 0 unspecified atom stereocenters. The second-order valence-electron chi connectivity index (χ2n) is 5.54. The zero-order valence-corrected chi connectivity index (χ0v) is 10.9. The molecule has 1 aliphatic rings. The van der Waals surface area contributed by atoms with E-state index in [9.17, 15) is 0 Å². The Bertz CT molecular complexity index is 177. The van der Waals surface area contributed by atoms with Gasteiger partial charge < -0.3 is 15.8 Å². The molecule has 3 heteroatoms. The van der Waals surface area contributed by atoms with Crippen molar-refractivity contribution >= 4 is 0 Å². The van der Waals surface area contributed by atoms with Crippen molar-refractivity contribution < 1.29 is 4.74 Å². The Labute approximate surface area is 100 Å². The Hall–Kier alpha value is -0.120. The third kappa shape index (κ3) is 5.83. The predicted molar refractivity (Wildman–Crippen MR) is 68.5 cm³/mol. The quantitative estimate of drug-likeness (QED) is 0.654. The van der Waals surface area contributed by atoms with Crippen molar-refractivity contribution in [3.63, 3.8) is 0 Å². The Morgan fingerprint density at radius 2 is 1.94 bits per heavy atom. The first kappa shape index (κ1) is 13.9. The fourth-order valence-electron chi connectivity index (χ4n) is 2.09. The molecule has 0 bridgehead atoms. The highest BCUT2D eigenvalue weighted by Gasteiger charge is 2.27. The summed E-state index contributed by atoms with van der Waals surface area (Å²) in [6.45, 7) is 8.26. The Morgan fingerprint density at radius 1 is 1.25 bits per heavy atom. The van der Waals surface area contributed by atoms with Crippen LogP contribution in [0.2, 0.25) is 0 Å². The molecule has 0 spiro atoms. The molecule has 3 N–H and O–H groups in total. The van der Waals surface area contributed by atoms with Crippen LogP contribution in [-0.2, 0) is 4.74 Å². The first-order chi connectivity index (χ1) is 7.62. The monoisotopic (exact) mass is 228 g/mol. The van der Waals surface area contributed by atoms with Gasteiger partial charge in [0.15, 0.2) is 0 Å². The lowest BCUT2D eigenvalue weighted by atomic mass is 9.91. The Balaban J connectivity index is 1.97. The number of nitrogens with one attached hydrogen (secondary N) is 1. The Kier molecular flexibility index (Phi) is 6.32. The van der Waals surface area contributed by atoms with Crippen molar-refractivity contribution in [1.82, 2.24) is 5.32 Å². The lowest BCUT2D eigenvalue weighted by Gasteiger charge is -2.33. The van der Waals surface area contributed by atoms with Gasteiger partial charge in [-0.15, -0.1) is 0 Å². The molecule has 1 fully saturated rings. The van der Waals surface area contributed by atoms with Gasteiger partial charge in [-0.3, -0.25) is 0 Å². The van der Waals surface area contributed by atoms with Crippen LogP contribution in [0.15, 0.2) is 0 Å². The average molecular weight is 228 g/mol. The fraction of sp³-hybridized carbons (Fsp3) is 1.00. The molecule has 16 heavy (non-hydrogen) atoms. The van der Waals surface area contributed by atoms with Crippen molar-refractivity contribution in [2.24, 2.45) is 11.7 Å². The zero-order chi connectivity index (χ0) is 11.9. The van der Waals surface area contributed by atoms with Crippen LogP contribution in [0.4, 0.5) is 0 Å². The maximum absolute atomic E-state index is 6.28. The van der Waals surface area contributed by atoms with Gasteiger partial charge in [-0.05, 0) is 31.7 Å². The smallest absolute Gasteiger partial charge is 0.0484 e. The van der Waals surface area contributed by atoms with Crippen LogP contribution in [0.1, 0.15) is 46.0 Å². The summed E-state index contributed by atoms with van der Waals surface area (Å²) < 4.78 is 5.33. The van der Waals surface area contributed by atoms with Crippen LogP contribution in [0.25, 0.3) is 0 Å². The van der Waals surface area contributed by atoms with Crippen molar-refractivity contribution in [3.05, 3.63) is 0 Å². The first-order valence-corrected chi connectivity index (χ1v) is 6.70. The van der Waals surface area contributed by atoms with E-state index >= 15 is 0 Å². The lowest BCUT2D eigenvalue weighted by molar-refractivity contribution is 0.0532. The second-order valence-corrected chi connectivity index (χ2v) is 5.54. The minimum absolute atomic E-state index is 0.0176. The maximum atomic E-state index is 6.28. The summed E-state index contributed by atoms with van der Waals surface area (Å²) in [7, 11) is 0. The van der Waals surface area contributed by atoms with Crippen molar-refractivity contribution in [1.29, 1.82) is 0 Å². The minimum Gasteiger partial charge on any atom is -0.381 e. The molecule has 1 heterocycles. The highest BCUT2D eigenvalue weighted by Crippen LogP contribution is 2.16. The molecule has 1 saturated heterocycles. The zero-order valence-electron chi connectivity index (χ0n) is 10.9. The summed E-state index contributed by atoms with van der Waals surface area (Å²) in [5.74, 6) is 0.830. The van der Waals surface area contributed by atoms with E-state index in [0.29, 0.717) is 0 Å². The highest BCUT2D eigenvalue weighted by molar-refractivity contribution is 4.88. The normalized spacial score (nSPS) is 20.2. The molecule has 1 aliphatic heterocycles. The van der Waals surface area contributed by atoms with Gasteiger partial charge in [0.25, 0.3) is 0 Å². The van der Waals surface area contributed by atoms with E-state index in [0.717, 1.165) is 45.1 Å². The van der Waals surface area contributed by atoms with Crippen molar-refractivity contribution in [3.8, 4) is 0 Å². The number of hydrogen-bond acceptors (Lipinski definition) is 3. The summed E-state index contributed by atoms with van der Waals surface area (Å²) in [4.78, 5) is 0. The van der Waals surface area contributed by atoms with Crippen LogP contribution in [0.3, 0.4) is 0 Å². The van der Waals surface area contributed by atoms with E-state index < -0.39 is 0 Å². The van der Waals surface area contributed by atoms with Crippen LogP contribution in [0.5, 0.6) is 0 Å². The molecular formula is C13H28N2O. The number of nitrogens with two attached hydrogens (primary N) is 1. The van der Waals surface area contributed by atoms with Gasteiger partial charge in [0.05, 0.1) is 0 Å². The number of ether oxygens (including phenoxy) is 1. The van der Waals surface area contributed by atoms with E-state index in [4.69, 9.17) is 10.5 Å². The molecule has 96 valence electrons. The van der Waals surface area contributed by atoms with Gasteiger partial charge in [-0.25, -0.2) is 0 Å². The minimum atomic E-state index is -0.0176. The SMILES string of the molecule is CC(C)CCCCNCC1(N)CCOCC1. The highest BCUT2D eigenvalue weighted by atomic mass is 16.5. The maximum Gasteiger partial charge on any atom is 0.0484 e. The van der Waals surface area contributed by atoms with Crippen molar-refractivity contribution in [2.45, 2.75) is 51.5 Å². The molecule has 0 aliphatic carbocycles. The summed E-state index contributed by atoms with van der Waals surface area (Å²) in [5, 5.41) is 3.49. The van der Waals surface area contributed by atoms with E-state index in [1.165, 1.54) is 19.3 Å². The topological polar surface area (TPSA) is 47.3 Å². The molecule has 0 aromatic rings. The van der Waals surface area contributed by atoms with Gasteiger partial charge in [0, 0.05) is 25.3 Å². The van der Waals surface area contributed by atoms with Crippen LogP contribution in [0, 0.1) is 5.92 Å². The van der Waals surface area contributed by atoms with Gasteiger partial charge in [-0.2, -0.15) is 0 Å². The van der Waals surface area contributed by atoms with Gasteiger partial charge in [0.1, 0.15) is 0 Å². The standard InChI is InChI=1S/C13H28N2O/c1-12(2)5-3-4-8-15-11-13(14)6-9-16-10-7-13/h12,15H,3-11,14H2,1-2H3. The average Bonchev–Trinajstić information content (AvgIpc) is 2.24. The van der Waals surface area contributed by atoms with Crippen molar-refractivity contribution in [2.75, 3.05) is 26.3 Å².